The van der Waals surface area contributed by atoms with Crippen LogP contribution in [0, 0.1) is 5.92 Å². The number of likely N-dealkylation sites (tertiary alicyclic amines) is 2. The molecular weight excluding hydrogens is 314 g/mol. The Hall–Kier alpha value is -1.10. The highest BCUT2D eigenvalue weighted by Gasteiger charge is 2.33. The number of rotatable bonds is 4. The number of amides is 2. The topological polar surface area (TPSA) is 52.7 Å². The summed E-state index contributed by atoms with van der Waals surface area (Å²) < 4.78 is 0. The van der Waals surface area contributed by atoms with Gasteiger partial charge in [-0.25, -0.2) is 0 Å². The van der Waals surface area contributed by atoms with Crippen molar-refractivity contribution in [3.05, 3.63) is 0 Å². The van der Waals surface area contributed by atoms with Crippen molar-refractivity contribution in [3.8, 4) is 0 Å². The van der Waals surface area contributed by atoms with Crippen LogP contribution in [0.5, 0.6) is 0 Å². The van der Waals surface area contributed by atoms with E-state index in [9.17, 15) is 9.59 Å². The molecule has 2 amide bonds. The molecule has 3 rings (SSSR count). The number of nitrogens with one attached hydrogen (secondary N) is 1. The number of piperidine rings is 1. The summed E-state index contributed by atoms with van der Waals surface area (Å²) in [5.74, 6) is 0.554. The summed E-state index contributed by atoms with van der Waals surface area (Å²) in [7, 11) is 0. The lowest BCUT2D eigenvalue weighted by Gasteiger charge is -2.37. The second kappa shape index (κ2) is 9.02. The molecule has 5 nitrogen and oxygen atoms in total. The summed E-state index contributed by atoms with van der Waals surface area (Å²) in [6.07, 6.45) is 11.5. The van der Waals surface area contributed by atoms with Crippen molar-refractivity contribution in [1.29, 1.82) is 0 Å². The zero-order valence-electron chi connectivity index (χ0n) is 15.8. The van der Waals surface area contributed by atoms with E-state index < -0.39 is 0 Å². The summed E-state index contributed by atoms with van der Waals surface area (Å²) >= 11 is 0. The number of hydrogen-bond acceptors (Lipinski definition) is 3. The fourth-order valence-corrected chi connectivity index (χ4v) is 4.67. The van der Waals surface area contributed by atoms with Crippen LogP contribution in [-0.4, -0.2) is 59.9 Å². The molecule has 2 atom stereocenters. The number of carbonyl (C=O) groups excluding carboxylic acids is 2. The van der Waals surface area contributed by atoms with E-state index in [2.05, 4.69) is 15.1 Å². The average molecular weight is 350 g/mol. The van der Waals surface area contributed by atoms with Crippen molar-refractivity contribution < 1.29 is 9.59 Å². The molecule has 142 valence electrons. The molecule has 0 unspecified atom stereocenters. The molecule has 0 aromatic carbocycles. The second-order valence-corrected chi connectivity index (χ2v) is 8.24. The summed E-state index contributed by atoms with van der Waals surface area (Å²) in [5, 5.41) is 3.22. The molecule has 1 saturated carbocycles. The maximum absolute atomic E-state index is 12.9. The molecule has 2 saturated heterocycles. The van der Waals surface area contributed by atoms with Crippen LogP contribution in [-0.2, 0) is 9.59 Å². The van der Waals surface area contributed by atoms with Crippen LogP contribution in [0.3, 0.4) is 0 Å². The molecule has 0 aromatic heterocycles. The van der Waals surface area contributed by atoms with E-state index in [-0.39, 0.29) is 17.9 Å². The summed E-state index contributed by atoms with van der Waals surface area (Å²) in [6, 6.07) is 0.245. The first-order valence-corrected chi connectivity index (χ1v) is 10.5. The number of nitrogens with zero attached hydrogens (tertiary/aromatic N) is 2. The standard InChI is InChI=1S/C20H35N3O2/c1-16(19(24)21-18-10-4-5-11-18)23-14-8-9-17(15-23)20(25)22-12-6-2-3-7-13-22/h16-18H,2-15H2,1H3,(H,21,24)/t16-,17-/m0/s1. The predicted molar refractivity (Wildman–Crippen MR) is 99.2 cm³/mol. The van der Waals surface area contributed by atoms with Gasteiger partial charge in [0.15, 0.2) is 0 Å². The van der Waals surface area contributed by atoms with E-state index >= 15 is 0 Å². The predicted octanol–water partition coefficient (Wildman–Crippen LogP) is 2.55. The van der Waals surface area contributed by atoms with Gasteiger partial charge in [0.1, 0.15) is 0 Å². The van der Waals surface area contributed by atoms with Crippen molar-refractivity contribution in [2.45, 2.75) is 83.2 Å². The van der Waals surface area contributed by atoms with Crippen molar-refractivity contribution >= 4 is 11.8 Å². The Balaban J connectivity index is 1.52. The molecule has 0 bridgehead atoms. The Labute approximate surface area is 152 Å². The van der Waals surface area contributed by atoms with Gasteiger partial charge >= 0.3 is 0 Å². The first kappa shape index (κ1) is 18.7. The third kappa shape index (κ3) is 4.96. The lowest BCUT2D eigenvalue weighted by atomic mass is 9.95. The molecule has 1 N–H and O–H groups in total. The molecule has 2 aliphatic heterocycles. The maximum atomic E-state index is 12.9. The summed E-state index contributed by atoms with van der Waals surface area (Å²) in [5.41, 5.74) is 0. The van der Waals surface area contributed by atoms with Gasteiger partial charge in [-0.05, 0) is 52.0 Å². The van der Waals surface area contributed by atoms with Crippen molar-refractivity contribution in [1.82, 2.24) is 15.1 Å². The van der Waals surface area contributed by atoms with Crippen molar-refractivity contribution in [2.75, 3.05) is 26.2 Å². The van der Waals surface area contributed by atoms with E-state index in [1.54, 1.807) is 0 Å². The van der Waals surface area contributed by atoms with Crippen LogP contribution in [0.4, 0.5) is 0 Å². The van der Waals surface area contributed by atoms with Crippen molar-refractivity contribution in [2.24, 2.45) is 5.92 Å². The zero-order valence-corrected chi connectivity index (χ0v) is 15.8. The van der Waals surface area contributed by atoms with E-state index in [0.717, 1.165) is 64.7 Å². The van der Waals surface area contributed by atoms with Crippen LogP contribution < -0.4 is 5.32 Å². The monoisotopic (exact) mass is 349 g/mol. The van der Waals surface area contributed by atoms with Gasteiger partial charge in [0.05, 0.1) is 12.0 Å². The third-order valence-electron chi connectivity index (χ3n) is 6.35. The second-order valence-electron chi connectivity index (χ2n) is 8.24. The van der Waals surface area contributed by atoms with Gasteiger partial charge in [0.25, 0.3) is 0 Å². The molecule has 3 aliphatic rings. The third-order valence-corrected chi connectivity index (χ3v) is 6.35. The van der Waals surface area contributed by atoms with Crippen molar-refractivity contribution in [3.63, 3.8) is 0 Å². The Morgan fingerprint density at radius 1 is 0.880 bits per heavy atom. The van der Waals surface area contributed by atoms with Gasteiger partial charge in [-0.3, -0.25) is 14.5 Å². The summed E-state index contributed by atoms with van der Waals surface area (Å²) in [4.78, 5) is 29.8. The fraction of sp³-hybridized carbons (Fsp3) is 0.900. The molecule has 3 fully saturated rings. The maximum Gasteiger partial charge on any atom is 0.237 e. The SMILES string of the molecule is C[C@@H](C(=O)NC1CCCC1)N1CCC[C@H](C(=O)N2CCCCCC2)C1. The smallest absolute Gasteiger partial charge is 0.237 e. The molecule has 2 heterocycles. The number of carbonyl (C=O) groups is 2. The quantitative estimate of drug-likeness (QED) is 0.849. The van der Waals surface area contributed by atoms with Crippen LogP contribution in [0.25, 0.3) is 0 Å². The Morgan fingerprint density at radius 3 is 2.24 bits per heavy atom. The number of hydrogen-bond donors (Lipinski definition) is 1. The van der Waals surface area contributed by atoms with Crippen LogP contribution in [0.2, 0.25) is 0 Å². The largest absolute Gasteiger partial charge is 0.352 e. The first-order chi connectivity index (χ1) is 12.1. The highest BCUT2D eigenvalue weighted by atomic mass is 16.2. The van der Waals surface area contributed by atoms with E-state index in [1.165, 1.54) is 25.7 Å². The molecule has 0 aromatic rings. The Morgan fingerprint density at radius 2 is 1.56 bits per heavy atom. The molecule has 5 heteroatoms. The van der Waals surface area contributed by atoms with Crippen LogP contribution in [0.1, 0.15) is 71.1 Å². The fourth-order valence-electron chi connectivity index (χ4n) is 4.67. The minimum atomic E-state index is -0.125. The van der Waals surface area contributed by atoms with E-state index in [4.69, 9.17) is 0 Å². The zero-order chi connectivity index (χ0) is 17.6. The highest BCUT2D eigenvalue weighted by Crippen LogP contribution is 2.23. The molecule has 0 radical (unpaired) electrons. The van der Waals surface area contributed by atoms with Crippen LogP contribution >= 0.6 is 0 Å². The molecular formula is C20H35N3O2. The van der Waals surface area contributed by atoms with Gasteiger partial charge < -0.3 is 10.2 Å². The van der Waals surface area contributed by atoms with Gasteiger partial charge in [-0.15, -0.1) is 0 Å². The normalized spacial score (nSPS) is 27.7. The van der Waals surface area contributed by atoms with Gasteiger partial charge in [0.2, 0.25) is 11.8 Å². The van der Waals surface area contributed by atoms with E-state index in [0.29, 0.717) is 11.9 Å². The minimum absolute atomic E-state index is 0.0774. The Kier molecular flexibility index (Phi) is 6.74. The minimum Gasteiger partial charge on any atom is -0.352 e. The van der Waals surface area contributed by atoms with Gasteiger partial charge in [0, 0.05) is 25.7 Å². The van der Waals surface area contributed by atoms with Gasteiger partial charge in [-0.1, -0.05) is 25.7 Å². The lowest BCUT2D eigenvalue weighted by Crippen LogP contribution is -2.53. The Bertz CT molecular complexity index is 454. The average Bonchev–Trinajstić information content (AvgIpc) is 2.99. The summed E-state index contributed by atoms with van der Waals surface area (Å²) in [6.45, 7) is 5.53. The first-order valence-electron chi connectivity index (χ1n) is 10.5. The lowest BCUT2D eigenvalue weighted by molar-refractivity contribution is -0.139. The molecule has 0 spiro atoms. The van der Waals surface area contributed by atoms with Crippen LogP contribution in [0.15, 0.2) is 0 Å². The van der Waals surface area contributed by atoms with Gasteiger partial charge in [-0.2, -0.15) is 0 Å². The van der Waals surface area contributed by atoms with E-state index in [1.807, 2.05) is 6.92 Å². The highest BCUT2D eigenvalue weighted by molar-refractivity contribution is 5.82. The molecule has 1 aliphatic carbocycles. The molecule has 25 heavy (non-hydrogen) atoms.